The first-order valence-corrected chi connectivity index (χ1v) is 7.47. The molecule has 0 aromatic heterocycles. The van der Waals surface area contributed by atoms with Gasteiger partial charge in [-0.3, -0.25) is 0 Å². The van der Waals surface area contributed by atoms with Crippen molar-refractivity contribution < 1.29 is 9.84 Å². The van der Waals surface area contributed by atoms with E-state index < -0.39 is 0 Å². The van der Waals surface area contributed by atoms with E-state index in [9.17, 15) is 5.11 Å². The van der Waals surface area contributed by atoms with Gasteiger partial charge in [-0.1, -0.05) is 13.8 Å². The third kappa shape index (κ3) is 6.17. The zero-order valence-corrected chi connectivity index (χ0v) is 12.5. The Bertz CT molecular complexity index is 229. The van der Waals surface area contributed by atoms with Crippen molar-refractivity contribution in [2.75, 3.05) is 13.2 Å². The molecule has 0 amide bonds. The van der Waals surface area contributed by atoms with Crippen molar-refractivity contribution in [1.82, 2.24) is 5.32 Å². The first-order chi connectivity index (χ1) is 8.47. The topological polar surface area (TPSA) is 41.5 Å². The van der Waals surface area contributed by atoms with Crippen LogP contribution in [0.4, 0.5) is 0 Å². The van der Waals surface area contributed by atoms with Crippen molar-refractivity contribution >= 4 is 0 Å². The van der Waals surface area contributed by atoms with Gasteiger partial charge in [-0.15, -0.1) is 0 Å². The molecule has 0 aromatic carbocycles. The van der Waals surface area contributed by atoms with E-state index in [0.717, 1.165) is 25.9 Å². The molecule has 0 aromatic rings. The van der Waals surface area contributed by atoms with E-state index in [1.54, 1.807) is 0 Å². The van der Waals surface area contributed by atoms with Gasteiger partial charge in [-0.05, 0) is 51.9 Å². The van der Waals surface area contributed by atoms with Crippen molar-refractivity contribution in [3.8, 4) is 0 Å². The molecule has 0 spiro atoms. The lowest BCUT2D eigenvalue weighted by molar-refractivity contribution is 0.0318. The largest absolute Gasteiger partial charge is 0.394 e. The molecule has 0 radical (unpaired) electrons. The van der Waals surface area contributed by atoms with Gasteiger partial charge in [0.1, 0.15) is 0 Å². The van der Waals surface area contributed by atoms with Crippen molar-refractivity contribution in [2.24, 2.45) is 5.92 Å². The zero-order valence-electron chi connectivity index (χ0n) is 12.5. The third-order valence-electron chi connectivity index (χ3n) is 3.92. The quantitative estimate of drug-likeness (QED) is 0.591. The summed E-state index contributed by atoms with van der Waals surface area (Å²) in [7, 11) is 0. The SMILES string of the molecule is CC(C)C(C)OCCCCC(C)(CO)NC1CC1. The van der Waals surface area contributed by atoms with Gasteiger partial charge >= 0.3 is 0 Å². The van der Waals surface area contributed by atoms with E-state index in [4.69, 9.17) is 4.74 Å². The summed E-state index contributed by atoms with van der Waals surface area (Å²) in [5.41, 5.74) is -0.0924. The van der Waals surface area contributed by atoms with E-state index in [-0.39, 0.29) is 12.1 Å². The van der Waals surface area contributed by atoms with Crippen molar-refractivity contribution in [3.05, 3.63) is 0 Å². The normalized spacial score (nSPS) is 21.0. The summed E-state index contributed by atoms with van der Waals surface area (Å²) in [6.07, 6.45) is 6.11. The van der Waals surface area contributed by atoms with Gasteiger partial charge in [0, 0.05) is 18.2 Å². The molecule has 1 aliphatic rings. The highest BCUT2D eigenvalue weighted by molar-refractivity contribution is 4.92. The van der Waals surface area contributed by atoms with Crippen molar-refractivity contribution in [3.63, 3.8) is 0 Å². The maximum absolute atomic E-state index is 9.49. The minimum Gasteiger partial charge on any atom is -0.394 e. The number of hydrogen-bond acceptors (Lipinski definition) is 3. The van der Waals surface area contributed by atoms with E-state index in [1.807, 2.05) is 0 Å². The Morgan fingerprint density at radius 2 is 1.94 bits per heavy atom. The lowest BCUT2D eigenvalue weighted by Crippen LogP contribution is -2.46. The Morgan fingerprint density at radius 1 is 1.28 bits per heavy atom. The number of aliphatic hydroxyl groups excluding tert-OH is 1. The van der Waals surface area contributed by atoms with Gasteiger partial charge < -0.3 is 15.2 Å². The van der Waals surface area contributed by atoms with Crippen LogP contribution in [-0.4, -0.2) is 36.0 Å². The van der Waals surface area contributed by atoms with Gasteiger partial charge in [0.05, 0.1) is 12.7 Å². The average molecular weight is 257 g/mol. The molecule has 2 N–H and O–H groups in total. The lowest BCUT2D eigenvalue weighted by Gasteiger charge is -2.29. The predicted octanol–water partition coefficient (Wildman–Crippen LogP) is 2.72. The number of hydrogen-bond donors (Lipinski definition) is 2. The monoisotopic (exact) mass is 257 g/mol. The van der Waals surface area contributed by atoms with E-state index in [0.29, 0.717) is 18.1 Å². The fourth-order valence-electron chi connectivity index (χ4n) is 2.00. The molecule has 0 bridgehead atoms. The number of ether oxygens (including phenoxy) is 1. The Labute approximate surface area is 112 Å². The first-order valence-electron chi connectivity index (χ1n) is 7.47. The summed E-state index contributed by atoms with van der Waals surface area (Å²) in [6.45, 7) is 9.71. The molecule has 108 valence electrons. The van der Waals surface area contributed by atoms with Crippen LogP contribution < -0.4 is 5.32 Å². The molecule has 0 saturated heterocycles. The number of nitrogens with one attached hydrogen (secondary N) is 1. The minimum absolute atomic E-state index is 0.0924. The van der Waals surface area contributed by atoms with Gasteiger partial charge in [-0.25, -0.2) is 0 Å². The summed E-state index contributed by atoms with van der Waals surface area (Å²) in [5.74, 6) is 0.587. The highest BCUT2D eigenvalue weighted by atomic mass is 16.5. The second-order valence-corrected chi connectivity index (χ2v) is 6.41. The van der Waals surface area contributed by atoms with E-state index in [2.05, 4.69) is 33.0 Å². The van der Waals surface area contributed by atoms with Crippen molar-refractivity contribution in [1.29, 1.82) is 0 Å². The van der Waals surface area contributed by atoms with Crippen LogP contribution in [0.1, 0.15) is 59.8 Å². The molecular formula is C15H31NO2. The lowest BCUT2D eigenvalue weighted by atomic mass is 9.95. The summed E-state index contributed by atoms with van der Waals surface area (Å²) in [4.78, 5) is 0. The molecule has 18 heavy (non-hydrogen) atoms. The van der Waals surface area contributed by atoms with Crippen LogP contribution in [0.2, 0.25) is 0 Å². The highest BCUT2D eigenvalue weighted by Gasteiger charge is 2.31. The number of aliphatic hydroxyl groups is 1. The van der Waals surface area contributed by atoms with Gasteiger partial charge in [-0.2, -0.15) is 0 Å². The molecule has 1 saturated carbocycles. The Kier molecular flexibility index (Phi) is 6.61. The average Bonchev–Trinajstić information content (AvgIpc) is 3.12. The van der Waals surface area contributed by atoms with Crippen LogP contribution in [0.5, 0.6) is 0 Å². The summed E-state index contributed by atoms with van der Waals surface area (Å²) in [5, 5.41) is 13.0. The minimum atomic E-state index is -0.0924. The van der Waals surface area contributed by atoms with Crippen LogP contribution in [0, 0.1) is 5.92 Å². The van der Waals surface area contributed by atoms with Gasteiger partial charge in [0.15, 0.2) is 0 Å². The molecule has 1 rings (SSSR count). The first kappa shape index (κ1) is 15.9. The Morgan fingerprint density at radius 3 is 2.44 bits per heavy atom. The molecule has 3 nitrogen and oxygen atoms in total. The smallest absolute Gasteiger partial charge is 0.0610 e. The number of unbranched alkanes of at least 4 members (excludes halogenated alkanes) is 1. The van der Waals surface area contributed by atoms with Crippen molar-refractivity contribution in [2.45, 2.75) is 77.5 Å². The molecule has 0 heterocycles. The molecule has 1 fully saturated rings. The summed E-state index contributed by atoms with van der Waals surface area (Å²) < 4.78 is 5.76. The second-order valence-electron chi connectivity index (χ2n) is 6.41. The standard InChI is InChI=1S/C15H31NO2/c1-12(2)13(3)18-10-6-5-9-15(4,11-17)16-14-7-8-14/h12-14,16-17H,5-11H2,1-4H3. The second kappa shape index (κ2) is 7.46. The predicted molar refractivity (Wildman–Crippen MR) is 75.8 cm³/mol. The molecule has 2 atom stereocenters. The van der Waals surface area contributed by atoms with Crippen LogP contribution >= 0.6 is 0 Å². The van der Waals surface area contributed by atoms with Crippen LogP contribution in [0.25, 0.3) is 0 Å². The van der Waals surface area contributed by atoms with Crippen LogP contribution in [0.3, 0.4) is 0 Å². The number of rotatable bonds is 10. The van der Waals surface area contributed by atoms with Crippen LogP contribution in [0.15, 0.2) is 0 Å². The molecular weight excluding hydrogens is 226 g/mol. The van der Waals surface area contributed by atoms with E-state index >= 15 is 0 Å². The maximum atomic E-state index is 9.49. The molecule has 3 heteroatoms. The maximum Gasteiger partial charge on any atom is 0.0610 e. The Hall–Kier alpha value is -0.120. The van der Waals surface area contributed by atoms with Gasteiger partial charge in [0.25, 0.3) is 0 Å². The zero-order chi connectivity index (χ0) is 13.6. The fraction of sp³-hybridized carbons (Fsp3) is 1.00. The van der Waals surface area contributed by atoms with Crippen LogP contribution in [-0.2, 0) is 4.74 Å². The summed E-state index contributed by atoms with van der Waals surface area (Å²) in [6, 6.07) is 0.652. The third-order valence-corrected chi connectivity index (χ3v) is 3.92. The molecule has 0 aliphatic heterocycles. The Balaban J connectivity index is 2.07. The molecule has 2 unspecified atom stereocenters. The van der Waals surface area contributed by atoms with E-state index in [1.165, 1.54) is 12.8 Å². The fourth-order valence-corrected chi connectivity index (χ4v) is 2.00. The van der Waals surface area contributed by atoms with Gasteiger partial charge in [0.2, 0.25) is 0 Å². The summed E-state index contributed by atoms with van der Waals surface area (Å²) >= 11 is 0. The molecule has 1 aliphatic carbocycles. The highest BCUT2D eigenvalue weighted by Crippen LogP contribution is 2.24.